The first kappa shape index (κ1) is 13.4. The largest absolute Gasteiger partial charge is 0.378 e. The van der Waals surface area contributed by atoms with Gasteiger partial charge in [-0.1, -0.05) is 6.07 Å². The Morgan fingerprint density at radius 3 is 2.50 bits per heavy atom. The molecule has 0 spiro atoms. The fraction of sp³-hybridized carbons (Fsp3) is 0.571. The summed E-state index contributed by atoms with van der Waals surface area (Å²) in [7, 11) is 3.55. The monoisotopic (exact) mass is 255 g/mol. The molecule has 0 heterocycles. The van der Waals surface area contributed by atoms with Crippen molar-refractivity contribution in [3.63, 3.8) is 0 Å². The summed E-state index contributed by atoms with van der Waals surface area (Å²) in [4.78, 5) is 0. The molecule has 1 unspecified atom stereocenters. The lowest BCUT2D eigenvalue weighted by atomic mass is 9.74. The molecule has 18 heavy (non-hydrogen) atoms. The van der Waals surface area contributed by atoms with Gasteiger partial charge in [-0.2, -0.15) is 0 Å². The molecule has 0 radical (unpaired) electrons. The predicted molar refractivity (Wildman–Crippen MR) is 66.4 cm³/mol. The first-order valence-corrected chi connectivity index (χ1v) is 6.27. The van der Waals surface area contributed by atoms with Crippen LogP contribution in [0.2, 0.25) is 0 Å². The smallest absolute Gasteiger partial charge is 0.159 e. The minimum absolute atomic E-state index is 0.0136. The third kappa shape index (κ3) is 2.54. The number of nitrogens with one attached hydrogen (secondary N) is 1. The first-order chi connectivity index (χ1) is 8.60. The van der Waals surface area contributed by atoms with Crippen LogP contribution < -0.4 is 5.32 Å². The Kier molecular flexibility index (Phi) is 3.97. The van der Waals surface area contributed by atoms with E-state index in [-0.39, 0.29) is 11.6 Å². The summed E-state index contributed by atoms with van der Waals surface area (Å²) < 4.78 is 31.8. The zero-order valence-corrected chi connectivity index (χ0v) is 10.8. The third-order valence-electron chi connectivity index (χ3n) is 3.97. The zero-order chi connectivity index (χ0) is 13.2. The highest BCUT2D eigenvalue weighted by Crippen LogP contribution is 2.41. The molecular formula is C14H19F2NO. The van der Waals surface area contributed by atoms with Gasteiger partial charge in [-0.15, -0.1) is 0 Å². The molecule has 0 aliphatic heterocycles. The third-order valence-corrected chi connectivity index (χ3v) is 3.97. The van der Waals surface area contributed by atoms with Crippen LogP contribution in [0.5, 0.6) is 0 Å². The lowest BCUT2D eigenvalue weighted by molar-refractivity contribution is -0.0834. The summed E-state index contributed by atoms with van der Waals surface area (Å²) in [5.41, 5.74) is 0.665. The number of benzene rings is 1. The van der Waals surface area contributed by atoms with Crippen molar-refractivity contribution >= 4 is 0 Å². The van der Waals surface area contributed by atoms with Crippen molar-refractivity contribution in [2.24, 2.45) is 0 Å². The Morgan fingerprint density at radius 2 is 2.06 bits per heavy atom. The number of hydrogen-bond donors (Lipinski definition) is 1. The molecule has 4 heteroatoms. The molecule has 0 aromatic heterocycles. The zero-order valence-electron chi connectivity index (χ0n) is 10.8. The van der Waals surface area contributed by atoms with Crippen LogP contribution in [0.3, 0.4) is 0 Å². The topological polar surface area (TPSA) is 21.3 Å². The number of rotatable bonds is 5. The maximum Gasteiger partial charge on any atom is 0.159 e. The van der Waals surface area contributed by atoms with Gasteiger partial charge in [0.1, 0.15) is 0 Å². The summed E-state index contributed by atoms with van der Waals surface area (Å²) in [6.45, 7) is 0. The lowest BCUT2D eigenvalue weighted by Gasteiger charge is -2.42. The second kappa shape index (κ2) is 5.33. The molecule has 1 aromatic rings. The highest BCUT2D eigenvalue weighted by atomic mass is 19.2. The van der Waals surface area contributed by atoms with Crippen molar-refractivity contribution in [2.75, 3.05) is 14.2 Å². The quantitative estimate of drug-likeness (QED) is 0.872. The molecule has 1 N–H and O–H groups in total. The van der Waals surface area contributed by atoms with Crippen LogP contribution in [0, 0.1) is 11.6 Å². The van der Waals surface area contributed by atoms with Crippen molar-refractivity contribution in [1.82, 2.24) is 5.32 Å². The molecule has 100 valence electrons. The molecule has 1 aliphatic carbocycles. The van der Waals surface area contributed by atoms with E-state index in [2.05, 4.69) is 5.32 Å². The number of ether oxygens (including phenoxy) is 1. The van der Waals surface area contributed by atoms with Gasteiger partial charge in [0.05, 0.1) is 5.60 Å². The average Bonchev–Trinajstić information content (AvgIpc) is 2.33. The predicted octanol–water partition coefficient (Wildman–Crippen LogP) is 3.18. The Bertz CT molecular complexity index is 413. The van der Waals surface area contributed by atoms with Crippen LogP contribution >= 0.6 is 0 Å². The average molecular weight is 255 g/mol. The fourth-order valence-electron chi connectivity index (χ4n) is 2.55. The van der Waals surface area contributed by atoms with E-state index in [0.29, 0.717) is 0 Å². The van der Waals surface area contributed by atoms with Gasteiger partial charge in [-0.05, 0) is 50.4 Å². The van der Waals surface area contributed by atoms with E-state index < -0.39 is 11.6 Å². The normalized spacial score (nSPS) is 19.3. The minimum Gasteiger partial charge on any atom is -0.378 e. The van der Waals surface area contributed by atoms with Crippen molar-refractivity contribution < 1.29 is 13.5 Å². The Morgan fingerprint density at radius 1 is 1.33 bits per heavy atom. The van der Waals surface area contributed by atoms with E-state index >= 15 is 0 Å². The lowest BCUT2D eigenvalue weighted by Crippen LogP contribution is -2.42. The highest BCUT2D eigenvalue weighted by Gasteiger charge is 2.39. The van der Waals surface area contributed by atoms with E-state index in [0.717, 1.165) is 24.8 Å². The second-order valence-corrected chi connectivity index (χ2v) is 4.96. The Hall–Kier alpha value is -1.00. The molecule has 1 saturated carbocycles. The van der Waals surface area contributed by atoms with E-state index in [1.165, 1.54) is 18.6 Å². The van der Waals surface area contributed by atoms with Crippen LogP contribution in [-0.2, 0) is 4.74 Å². The van der Waals surface area contributed by atoms with Gasteiger partial charge in [0.25, 0.3) is 0 Å². The second-order valence-electron chi connectivity index (χ2n) is 4.96. The van der Waals surface area contributed by atoms with Gasteiger partial charge >= 0.3 is 0 Å². The molecule has 0 amide bonds. The van der Waals surface area contributed by atoms with Crippen LogP contribution in [0.1, 0.15) is 37.3 Å². The van der Waals surface area contributed by atoms with Gasteiger partial charge in [-0.3, -0.25) is 0 Å². The van der Waals surface area contributed by atoms with Crippen LogP contribution in [0.15, 0.2) is 18.2 Å². The number of hydrogen-bond acceptors (Lipinski definition) is 2. The SMILES string of the molecule is CNC(CC1(OC)CCC1)c1ccc(F)c(F)c1. The standard InChI is InChI=1S/C14H19F2NO/c1-17-13(9-14(18-2)6-3-7-14)10-4-5-11(15)12(16)8-10/h4-5,8,13,17H,3,6-7,9H2,1-2H3. The van der Waals surface area contributed by atoms with Crippen molar-refractivity contribution in [3.8, 4) is 0 Å². The molecule has 2 nitrogen and oxygen atoms in total. The van der Waals surface area contributed by atoms with E-state index in [9.17, 15) is 8.78 Å². The summed E-state index contributed by atoms with van der Waals surface area (Å²) in [5, 5.41) is 3.15. The Balaban J connectivity index is 2.14. The van der Waals surface area contributed by atoms with Crippen molar-refractivity contribution in [2.45, 2.75) is 37.3 Å². The van der Waals surface area contributed by atoms with E-state index in [1.54, 1.807) is 13.2 Å². The van der Waals surface area contributed by atoms with Crippen LogP contribution in [0.4, 0.5) is 8.78 Å². The molecule has 1 atom stereocenters. The first-order valence-electron chi connectivity index (χ1n) is 6.27. The molecular weight excluding hydrogens is 236 g/mol. The van der Waals surface area contributed by atoms with Gasteiger partial charge in [0.2, 0.25) is 0 Å². The summed E-state index contributed by atoms with van der Waals surface area (Å²) in [5.74, 6) is -1.61. The molecule has 0 saturated heterocycles. The molecule has 0 bridgehead atoms. The van der Waals surface area contributed by atoms with Gasteiger partial charge in [0, 0.05) is 13.2 Å². The highest BCUT2D eigenvalue weighted by molar-refractivity contribution is 5.22. The van der Waals surface area contributed by atoms with Crippen molar-refractivity contribution in [3.05, 3.63) is 35.4 Å². The maximum absolute atomic E-state index is 13.3. The Labute approximate surface area is 106 Å². The van der Waals surface area contributed by atoms with E-state index in [4.69, 9.17) is 4.74 Å². The minimum atomic E-state index is -0.807. The number of methoxy groups -OCH3 is 1. The van der Waals surface area contributed by atoms with E-state index in [1.807, 2.05) is 7.05 Å². The van der Waals surface area contributed by atoms with Gasteiger partial charge < -0.3 is 10.1 Å². The molecule has 1 aliphatic rings. The van der Waals surface area contributed by atoms with Crippen molar-refractivity contribution in [1.29, 1.82) is 0 Å². The molecule has 1 fully saturated rings. The molecule has 2 rings (SSSR count). The fourth-order valence-corrected chi connectivity index (χ4v) is 2.55. The van der Waals surface area contributed by atoms with Gasteiger partial charge in [-0.25, -0.2) is 8.78 Å². The van der Waals surface area contributed by atoms with Gasteiger partial charge in [0.15, 0.2) is 11.6 Å². The number of halogens is 2. The summed E-state index contributed by atoms with van der Waals surface area (Å²) in [6, 6.07) is 4.05. The summed E-state index contributed by atoms with van der Waals surface area (Å²) >= 11 is 0. The molecule has 1 aromatic carbocycles. The maximum atomic E-state index is 13.3. The van der Waals surface area contributed by atoms with Crippen LogP contribution in [-0.4, -0.2) is 19.8 Å². The van der Waals surface area contributed by atoms with Crippen LogP contribution in [0.25, 0.3) is 0 Å². The summed E-state index contributed by atoms with van der Waals surface area (Å²) in [6.07, 6.45) is 4.02.